The standard InChI is InChI=1S/C13H14N2O/c1-2-11(3-12-10(1)7-14-15-12)16-8-13-4-9(5-13)6-13/h1-3,7,9H,4-6,8H2,(H,14,15). The Bertz CT molecular complexity index is 529. The molecule has 2 bridgehead atoms. The lowest BCUT2D eigenvalue weighted by Gasteiger charge is -2.61. The topological polar surface area (TPSA) is 37.9 Å². The fourth-order valence-corrected chi connectivity index (χ4v) is 3.08. The van der Waals surface area contributed by atoms with E-state index in [1.54, 1.807) is 0 Å². The number of hydrogen-bond donors (Lipinski definition) is 1. The normalized spacial score (nSPS) is 30.9. The van der Waals surface area contributed by atoms with Gasteiger partial charge in [-0.2, -0.15) is 5.10 Å². The van der Waals surface area contributed by atoms with Crippen LogP contribution in [0.15, 0.2) is 24.4 Å². The second-order valence-electron chi connectivity index (χ2n) is 5.39. The Hall–Kier alpha value is -1.51. The maximum Gasteiger partial charge on any atom is 0.121 e. The molecule has 3 nitrogen and oxygen atoms in total. The van der Waals surface area contributed by atoms with Crippen LogP contribution < -0.4 is 4.74 Å². The Labute approximate surface area is 93.8 Å². The zero-order valence-electron chi connectivity index (χ0n) is 9.07. The lowest BCUT2D eigenvalue weighted by Crippen LogP contribution is -2.55. The fraction of sp³-hybridized carbons (Fsp3) is 0.462. The van der Waals surface area contributed by atoms with Crippen molar-refractivity contribution in [2.24, 2.45) is 11.3 Å². The van der Waals surface area contributed by atoms with E-state index in [1.807, 2.05) is 18.3 Å². The van der Waals surface area contributed by atoms with Crippen LogP contribution >= 0.6 is 0 Å². The first-order chi connectivity index (χ1) is 7.83. The molecule has 3 saturated carbocycles. The molecule has 1 aromatic carbocycles. The van der Waals surface area contributed by atoms with Gasteiger partial charge in [0.25, 0.3) is 0 Å². The SMILES string of the molecule is c1cc2cn[nH]c2cc1OCC12CC(C1)C2. The summed E-state index contributed by atoms with van der Waals surface area (Å²) >= 11 is 0. The minimum Gasteiger partial charge on any atom is -0.493 e. The van der Waals surface area contributed by atoms with Crippen molar-refractivity contribution in [3.05, 3.63) is 24.4 Å². The third-order valence-electron chi connectivity index (χ3n) is 4.12. The van der Waals surface area contributed by atoms with Gasteiger partial charge >= 0.3 is 0 Å². The van der Waals surface area contributed by atoms with Gasteiger partial charge in [0.05, 0.1) is 18.3 Å². The summed E-state index contributed by atoms with van der Waals surface area (Å²) in [5.74, 6) is 1.99. The lowest BCUT2D eigenvalue weighted by molar-refractivity contribution is -0.131. The van der Waals surface area contributed by atoms with Crippen molar-refractivity contribution in [1.29, 1.82) is 0 Å². The number of aromatic amines is 1. The van der Waals surface area contributed by atoms with Gasteiger partial charge in [0.15, 0.2) is 0 Å². The van der Waals surface area contributed by atoms with E-state index < -0.39 is 0 Å². The minimum atomic E-state index is 0.549. The zero-order chi connectivity index (χ0) is 10.6. The molecule has 0 spiro atoms. The summed E-state index contributed by atoms with van der Waals surface area (Å²) in [5, 5.41) is 8.11. The Balaban J connectivity index is 1.52. The highest BCUT2D eigenvalue weighted by molar-refractivity contribution is 5.79. The molecular weight excluding hydrogens is 200 g/mol. The van der Waals surface area contributed by atoms with Crippen molar-refractivity contribution < 1.29 is 4.74 Å². The molecule has 1 N–H and O–H groups in total. The van der Waals surface area contributed by atoms with E-state index in [2.05, 4.69) is 16.3 Å². The van der Waals surface area contributed by atoms with Crippen LogP contribution in [0.25, 0.3) is 10.9 Å². The van der Waals surface area contributed by atoms with E-state index in [4.69, 9.17) is 4.74 Å². The summed E-state index contributed by atoms with van der Waals surface area (Å²) in [4.78, 5) is 0. The van der Waals surface area contributed by atoms with Crippen LogP contribution in [0.4, 0.5) is 0 Å². The monoisotopic (exact) mass is 214 g/mol. The molecule has 0 aliphatic heterocycles. The molecular formula is C13H14N2O. The number of benzene rings is 1. The van der Waals surface area contributed by atoms with Crippen LogP contribution in [-0.2, 0) is 0 Å². The number of aromatic nitrogens is 2. The molecule has 0 atom stereocenters. The summed E-state index contributed by atoms with van der Waals surface area (Å²) in [7, 11) is 0. The molecule has 2 aromatic rings. The van der Waals surface area contributed by atoms with Gasteiger partial charge in [0.2, 0.25) is 0 Å². The number of hydrogen-bond acceptors (Lipinski definition) is 2. The zero-order valence-corrected chi connectivity index (χ0v) is 9.07. The molecule has 5 rings (SSSR count). The van der Waals surface area contributed by atoms with Gasteiger partial charge in [0.1, 0.15) is 5.75 Å². The molecule has 3 heteroatoms. The van der Waals surface area contributed by atoms with Gasteiger partial charge in [-0.25, -0.2) is 0 Å². The predicted octanol–water partition coefficient (Wildman–Crippen LogP) is 2.74. The fourth-order valence-electron chi connectivity index (χ4n) is 3.08. The summed E-state index contributed by atoms with van der Waals surface area (Å²) in [6.45, 7) is 0.892. The van der Waals surface area contributed by atoms with Gasteiger partial charge in [0, 0.05) is 16.9 Å². The average molecular weight is 214 g/mol. The lowest BCUT2D eigenvalue weighted by atomic mass is 9.45. The van der Waals surface area contributed by atoms with Gasteiger partial charge in [-0.3, -0.25) is 5.10 Å². The molecule has 0 saturated heterocycles. The van der Waals surface area contributed by atoms with Crippen molar-refractivity contribution in [2.75, 3.05) is 6.61 Å². The van der Waals surface area contributed by atoms with Crippen molar-refractivity contribution >= 4 is 10.9 Å². The number of rotatable bonds is 3. The van der Waals surface area contributed by atoms with E-state index >= 15 is 0 Å². The third kappa shape index (κ3) is 1.11. The molecule has 82 valence electrons. The number of fused-ring (bicyclic) bond motifs is 1. The van der Waals surface area contributed by atoms with E-state index in [1.165, 1.54) is 19.3 Å². The number of nitrogens with one attached hydrogen (secondary N) is 1. The highest BCUT2D eigenvalue weighted by Gasteiger charge is 2.56. The van der Waals surface area contributed by atoms with Crippen LogP contribution in [0, 0.1) is 11.3 Å². The maximum absolute atomic E-state index is 5.88. The van der Waals surface area contributed by atoms with Crippen LogP contribution in [-0.4, -0.2) is 16.8 Å². The molecule has 0 amide bonds. The van der Waals surface area contributed by atoms with E-state index in [-0.39, 0.29) is 0 Å². The van der Waals surface area contributed by atoms with Gasteiger partial charge in [-0.05, 0) is 37.3 Å². The van der Waals surface area contributed by atoms with Crippen LogP contribution in [0.5, 0.6) is 5.75 Å². The van der Waals surface area contributed by atoms with Gasteiger partial charge < -0.3 is 4.74 Å². The largest absolute Gasteiger partial charge is 0.493 e. The van der Waals surface area contributed by atoms with E-state index in [9.17, 15) is 0 Å². The van der Waals surface area contributed by atoms with E-state index in [0.29, 0.717) is 5.41 Å². The second kappa shape index (κ2) is 2.78. The number of H-pyrrole nitrogens is 1. The highest BCUT2D eigenvalue weighted by Crippen LogP contribution is 2.64. The first-order valence-electron chi connectivity index (χ1n) is 5.89. The Kier molecular flexibility index (Phi) is 1.50. The van der Waals surface area contributed by atoms with Crippen molar-refractivity contribution in [2.45, 2.75) is 19.3 Å². The molecule has 0 unspecified atom stereocenters. The second-order valence-corrected chi connectivity index (χ2v) is 5.39. The molecule has 16 heavy (non-hydrogen) atoms. The third-order valence-corrected chi connectivity index (χ3v) is 4.12. The van der Waals surface area contributed by atoms with Crippen LogP contribution in [0.1, 0.15) is 19.3 Å². The molecule has 1 heterocycles. The minimum absolute atomic E-state index is 0.549. The molecule has 0 radical (unpaired) electrons. The molecule has 3 aliphatic rings. The van der Waals surface area contributed by atoms with Crippen molar-refractivity contribution in [3.8, 4) is 5.75 Å². The number of nitrogens with zero attached hydrogens (tertiary/aromatic N) is 1. The van der Waals surface area contributed by atoms with Crippen molar-refractivity contribution in [3.63, 3.8) is 0 Å². The molecule has 3 aliphatic carbocycles. The van der Waals surface area contributed by atoms with Gasteiger partial charge in [-0.15, -0.1) is 0 Å². The predicted molar refractivity (Wildman–Crippen MR) is 61.4 cm³/mol. The Morgan fingerprint density at radius 2 is 2.25 bits per heavy atom. The Morgan fingerprint density at radius 3 is 3.00 bits per heavy atom. The van der Waals surface area contributed by atoms with Gasteiger partial charge in [-0.1, -0.05) is 0 Å². The van der Waals surface area contributed by atoms with Crippen LogP contribution in [0.3, 0.4) is 0 Å². The maximum atomic E-state index is 5.88. The summed E-state index contributed by atoms with van der Waals surface area (Å²) in [6, 6.07) is 6.12. The average Bonchev–Trinajstić information content (AvgIpc) is 2.60. The quantitative estimate of drug-likeness (QED) is 0.853. The first-order valence-corrected chi connectivity index (χ1v) is 5.89. The smallest absolute Gasteiger partial charge is 0.121 e. The van der Waals surface area contributed by atoms with E-state index in [0.717, 1.165) is 29.2 Å². The van der Waals surface area contributed by atoms with Crippen LogP contribution in [0.2, 0.25) is 0 Å². The summed E-state index contributed by atoms with van der Waals surface area (Å²) in [6.07, 6.45) is 6.00. The van der Waals surface area contributed by atoms with Crippen molar-refractivity contribution in [1.82, 2.24) is 10.2 Å². The summed E-state index contributed by atoms with van der Waals surface area (Å²) in [5.41, 5.74) is 1.60. The number of ether oxygens (including phenoxy) is 1. The molecule has 3 fully saturated rings. The Morgan fingerprint density at radius 1 is 1.38 bits per heavy atom. The first kappa shape index (κ1) is 8.62. The molecule has 1 aromatic heterocycles. The summed E-state index contributed by atoms with van der Waals surface area (Å²) < 4.78 is 5.88. The highest BCUT2D eigenvalue weighted by atomic mass is 16.5.